The van der Waals surface area contributed by atoms with Gasteiger partial charge >= 0.3 is 0 Å². The maximum absolute atomic E-state index is 5.20. The van der Waals surface area contributed by atoms with Crippen molar-refractivity contribution in [2.24, 2.45) is 4.99 Å². The summed E-state index contributed by atoms with van der Waals surface area (Å²) in [7, 11) is -2.19. The van der Waals surface area contributed by atoms with E-state index < -0.39 is 8.07 Å². The topological polar surface area (TPSA) is 18.6 Å². The molecule has 0 N–H and O–H groups in total. The van der Waals surface area contributed by atoms with E-state index >= 15 is 0 Å². The molecule has 2 fully saturated rings. The van der Waals surface area contributed by atoms with Crippen molar-refractivity contribution in [1.29, 1.82) is 0 Å². The molecule has 3 nitrogen and oxygen atoms in total. The quantitative estimate of drug-likeness (QED) is 0.369. The Morgan fingerprint density at radius 3 is 2.39 bits per heavy atom. The predicted molar refractivity (Wildman–Crippen MR) is 143 cm³/mol. The van der Waals surface area contributed by atoms with Crippen molar-refractivity contribution in [3.8, 4) is 0 Å². The standard InChI is InChI=1S/C29H34N3Si/c1-33(25-11-5-2-6-12-25)28-21-23(31-17-7-3-8-18-31)13-15-26(28)30-27-16-14-24(22-29(27)33)32-19-9-4-10-20-32/h2,5-6,11-16,21-22H,3-4,7-10,17-20H2,1H3/q+1. The van der Waals surface area contributed by atoms with Crippen molar-refractivity contribution in [1.82, 2.24) is 0 Å². The van der Waals surface area contributed by atoms with E-state index in [1.165, 1.54) is 103 Å². The second kappa shape index (κ2) is 8.57. The van der Waals surface area contributed by atoms with Crippen molar-refractivity contribution in [2.75, 3.05) is 31.1 Å². The lowest BCUT2D eigenvalue weighted by molar-refractivity contribution is -0.535. The minimum Gasteiger partial charge on any atom is -0.372 e. The van der Waals surface area contributed by atoms with Crippen molar-refractivity contribution in [2.45, 2.75) is 45.1 Å². The fourth-order valence-electron chi connectivity index (χ4n) is 6.10. The zero-order valence-electron chi connectivity index (χ0n) is 19.8. The third-order valence-electron chi connectivity index (χ3n) is 8.07. The summed E-state index contributed by atoms with van der Waals surface area (Å²) in [6.45, 7) is 7.25. The van der Waals surface area contributed by atoms with Crippen molar-refractivity contribution in [3.05, 3.63) is 72.0 Å². The molecule has 2 aromatic rings. The maximum atomic E-state index is 5.20. The Morgan fingerprint density at radius 1 is 0.848 bits per heavy atom. The van der Waals surface area contributed by atoms with E-state index in [1.807, 2.05) is 0 Å². The average Bonchev–Trinajstić information content (AvgIpc) is 2.90. The Labute approximate surface area is 198 Å². The average molecular weight is 453 g/mol. The van der Waals surface area contributed by atoms with Crippen molar-refractivity contribution < 1.29 is 4.58 Å². The van der Waals surface area contributed by atoms with Crippen LogP contribution in [0, 0.1) is 0 Å². The monoisotopic (exact) mass is 452 g/mol. The summed E-state index contributed by atoms with van der Waals surface area (Å²) in [5.41, 5.74) is 5.11. The molecule has 0 spiro atoms. The lowest BCUT2D eigenvalue weighted by atomic mass is 10.1. The van der Waals surface area contributed by atoms with E-state index in [0.717, 1.165) is 0 Å². The molecule has 0 saturated carbocycles. The summed E-state index contributed by atoms with van der Waals surface area (Å²) >= 11 is 0. The van der Waals surface area contributed by atoms with E-state index in [4.69, 9.17) is 4.99 Å². The third-order valence-corrected chi connectivity index (χ3v) is 12.5. The molecule has 0 bridgehead atoms. The zero-order chi connectivity index (χ0) is 22.3. The number of anilines is 1. The first-order valence-electron chi connectivity index (χ1n) is 12.8. The van der Waals surface area contributed by atoms with Crippen LogP contribution in [0.25, 0.3) is 0 Å². The molecule has 168 valence electrons. The molecule has 3 heterocycles. The molecule has 1 atom stereocenters. The number of piperidine rings is 2. The molecule has 33 heavy (non-hydrogen) atoms. The van der Waals surface area contributed by atoms with Gasteiger partial charge in [0.2, 0.25) is 0 Å². The number of benzene rings is 2. The van der Waals surface area contributed by atoms with Crippen LogP contribution in [0.3, 0.4) is 0 Å². The zero-order valence-corrected chi connectivity index (χ0v) is 20.8. The normalized spacial score (nSPS) is 24.7. The second-order valence-electron chi connectivity index (χ2n) is 10.1. The van der Waals surface area contributed by atoms with Gasteiger partial charge in [-0.1, -0.05) is 36.9 Å². The molecule has 2 saturated heterocycles. The van der Waals surface area contributed by atoms with Crippen LogP contribution in [-0.4, -0.2) is 50.3 Å². The van der Waals surface area contributed by atoms with Gasteiger partial charge in [0.1, 0.15) is 13.1 Å². The molecule has 4 aliphatic rings. The van der Waals surface area contributed by atoms with Gasteiger partial charge in [-0.3, -0.25) is 0 Å². The summed E-state index contributed by atoms with van der Waals surface area (Å²) < 4.78 is 2.59. The number of aliphatic imine (C=N–C) groups is 1. The van der Waals surface area contributed by atoms with E-state index in [1.54, 1.807) is 0 Å². The summed E-state index contributed by atoms with van der Waals surface area (Å²) in [6.07, 6.45) is 15.0. The highest BCUT2D eigenvalue weighted by Crippen LogP contribution is 2.33. The number of rotatable bonds is 2. The molecule has 6 rings (SSSR count). The van der Waals surface area contributed by atoms with Gasteiger partial charge in [0.25, 0.3) is 0 Å². The largest absolute Gasteiger partial charge is 0.372 e. The Bertz CT molecular complexity index is 1180. The lowest BCUT2D eigenvalue weighted by Gasteiger charge is -2.38. The van der Waals surface area contributed by atoms with Gasteiger partial charge in [0, 0.05) is 43.8 Å². The first kappa shape index (κ1) is 20.9. The number of hydrogen-bond acceptors (Lipinski definition) is 2. The van der Waals surface area contributed by atoms with Gasteiger partial charge < -0.3 is 4.90 Å². The van der Waals surface area contributed by atoms with Gasteiger partial charge in [-0.25, -0.2) is 9.57 Å². The van der Waals surface area contributed by atoms with E-state index in [0.29, 0.717) is 0 Å². The third kappa shape index (κ3) is 3.65. The molecule has 1 aliphatic carbocycles. The van der Waals surface area contributed by atoms with Gasteiger partial charge in [-0.2, -0.15) is 0 Å². The number of fused-ring (bicyclic) bond motifs is 2. The Kier molecular flexibility index (Phi) is 5.41. The van der Waals surface area contributed by atoms with E-state index in [9.17, 15) is 0 Å². The minimum atomic E-state index is -2.19. The summed E-state index contributed by atoms with van der Waals surface area (Å²) in [6, 6.07) is 18.4. The summed E-state index contributed by atoms with van der Waals surface area (Å²) in [5.74, 6) is 0. The van der Waals surface area contributed by atoms with Gasteiger partial charge in [-0.15, -0.1) is 0 Å². The van der Waals surface area contributed by atoms with Gasteiger partial charge in [0.15, 0.2) is 13.8 Å². The van der Waals surface area contributed by atoms with Crippen LogP contribution in [0.1, 0.15) is 38.5 Å². The fraction of sp³-hybridized carbons (Fsp3) is 0.379. The van der Waals surface area contributed by atoms with Crippen molar-refractivity contribution in [3.63, 3.8) is 0 Å². The van der Waals surface area contributed by atoms with E-state index in [2.05, 4.69) is 82.8 Å². The SMILES string of the molecule is C[Si]1(c2ccccc2)C2=CC(=[N+]3CCCCC3)C=CC2=Nc2ccc(N3CCCCC3)cc21. The van der Waals surface area contributed by atoms with Crippen molar-refractivity contribution >= 4 is 41.2 Å². The Morgan fingerprint density at radius 2 is 1.61 bits per heavy atom. The maximum Gasteiger partial charge on any atom is 0.199 e. The number of allylic oxidation sites excluding steroid dienone is 4. The highest BCUT2D eigenvalue weighted by molar-refractivity contribution is 7.10. The highest BCUT2D eigenvalue weighted by atomic mass is 28.3. The smallest absolute Gasteiger partial charge is 0.199 e. The molecule has 3 aliphatic heterocycles. The van der Waals surface area contributed by atoms with Gasteiger partial charge in [0.05, 0.1) is 11.4 Å². The molecular formula is C29H34N3Si+. The Hall–Kier alpha value is -2.72. The lowest BCUT2D eigenvalue weighted by Crippen LogP contribution is -2.61. The second-order valence-corrected chi connectivity index (χ2v) is 14.0. The molecule has 0 amide bonds. The molecule has 1 unspecified atom stereocenters. The molecule has 2 aromatic carbocycles. The first-order valence-corrected chi connectivity index (χ1v) is 15.3. The number of hydrogen-bond donors (Lipinski definition) is 0. The molecule has 0 aromatic heterocycles. The fourth-order valence-corrected chi connectivity index (χ4v) is 10.0. The summed E-state index contributed by atoms with van der Waals surface area (Å²) in [4.78, 5) is 7.79. The van der Waals surface area contributed by atoms with Crippen LogP contribution in [-0.2, 0) is 0 Å². The Balaban J connectivity index is 1.53. The van der Waals surface area contributed by atoms with Crippen LogP contribution < -0.4 is 15.3 Å². The molecule has 0 radical (unpaired) electrons. The van der Waals surface area contributed by atoms with Crippen LogP contribution in [0.5, 0.6) is 0 Å². The number of nitrogens with zero attached hydrogens (tertiary/aromatic N) is 3. The van der Waals surface area contributed by atoms with Crippen LogP contribution >= 0.6 is 0 Å². The predicted octanol–water partition coefficient (Wildman–Crippen LogP) is 4.63. The summed E-state index contributed by atoms with van der Waals surface area (Å²) in [5, 5.41) is 4.43. The van der Waals surface area contributed by atoms with Gasteiger partial charge in [-0.05, 0) is 65.5 Å². The van der Waals surface area contributed by atoms with Crippen LogP contribution in [0.2, 0.25) is 6.55 Å². The molecular weight excluding hydrogens is 418 g/mol. The highest BCUT2D eigenvalue weighted by Gasteiger charge is 2.44. The van der Waals surface area contributed by atoms with Crippen LogP contribution in [0.15, 0.2) is 76.9 Å². The van der Waals surface area contributed by atoms with Crippen LogP contribution in [0.4, 0.5) is 11.4 Å². The molecule has 4 heteroatoms. The minimum absolute atomic E-state index is 1.17. The first-order chi connectivity index (χ1) is 16.2. The van der Waals surface area contributed by atoms with E-state index in [-0.39, 0.29) is 0 Å².